The molecule has 2 aromatic rings. The summed E-state index contributed by atoms with van der Waals surface area (Å²) in [6, 6.07) is 2.91. The van der Waals surface area contributed by atoms with Gasteiger partial charge in [0.2, 0.25) is 5.91 Å². The number of pyridine rings is 1. The van der Waals surface area contributed by atoms with Crippen LogP contribution >= 0.6 is 0 Å². The summed E-state index contributed by atoms with van der Waals surface area (Å²) in [5.41, 5.74) is 6.18. The van der Waals surface area contributed by atoms with Gasteiger partial charge in [-0.1, -0.05) is 0 Å². The normalized spacial score (nSPS) is 18.9. The van der Waals surface area contributed by atoms with Gasteiger partial charge in [0.1, 0.15) is 0 Å². The highest BCUT2D eigenvalue weighted by molar-refractivity contribution is 5.95. The van der Waals surface area contributed by atoms with Gasteiger partial charge in [0.05, 0.1) is 19.3 Å². The molecular weight excluding hydrogens is 276 g/mol. The van der Waals surface area contributed by atoms with Gasteiger partial charge in [-0.25, -0.2) is 4.52 Å². The smallest absolute Gasteiger partial charge is 0.254 e. The van der Waals surface area contributed by atoms with Crippen molar-refractivity contribution in [3.05, 3.63) is 23.9 Å². The van der Waals surface area contributed by atoms with Crippen LogP contribution in [0.3, 0.4) is 0 Å². The molecule has 3 heterocycles. The third-order valence-electron chi connectivity index (χ3n) is 3.37. The number of ether oxygens (including phenoxy) is 1. The van der Waals surface area contributed by atoms with Crippen LogP contribution in [0.25, 0.3) is 5.65 Å². The van der Waals surface area contributed by atoms with E-state index in [0.717, 1.165) is 0 Å². The minimum Gasteiger partial charge on any atom is -0.377 e. The molecule has 21 heavy (non-hydrogen) atoms. The van der Waals surface area contributed by atoms with E-state index in [9.17, 15) is 9.59 Å². The lowest BCUT2D eigenvalue weighted by Crippen LogP contribution is -2.50. The number of tetrazole rings is 1. The van der Waals surface area contributed by atoms with Crippen LogP contribution < -0.4 is 5.73 Å². The Labute approximate surface area is 119 Å². The maximum absolute atomic E-state index is 12.6. The Morgan fingerprint density at radius 2 is 2.33 bits per heavy atom. The number of carbonyl (C=O) groups is 2. The van der Waals surface area contributed by atoms with Crippen LogP contribution in [0.4, 0.5) is 0 Å². The van der Waals surface area contributed by atoms with Crippen molar-refractivity contribution < 1.29 is 14.3 Å². The maximum Gasteiger partial charge on any atom is 0.254 e. The largest absolute Gasteiger partial charge is 0.377 e. The van der Waals surface area contributed by atoms with Crippen molar-refractivity contribution in [3.8, 4) is 0 Å². The summed E-state index contributed by atoms with van der Waals surface area (Å²) in [5.74, 6) is -0.643. The van der Waals surface area contributed by atoms with E-state index in [2.05, 4.69) is 15.5 Å². The van der Waals surface area contributed by atoms with Crippen LogP contribution in [-0.4, -0.2) is 62.6 Å². The van der Waals surface area contributed by atoms with Crippen molar-refractivity contribution in [1.82, 2.24) is 24.9 Å². The number of nitrogens with zero attached hydrogens (tertiary/aromatic N) is 5. The lowest BCUT2D eigenvalue weighted by Gasteiger charge is -2.35. The Morgan fingerprint density at radius 3 is 3.14 bits per heavy atom. The van der Waals surface area contributed by atoms with Crippen LogP contribution in [0.2, 0.25) is 0 Å². The van der Waals surface area contributed by atoms with Gasteiger partial charge in [0.15, 0.2) is 5.65 Å². The lowest BCUT2D eigenvalue weighted by molar-refractivity contribution is -0.120. The number of nitrogens with two attached hydrogens (primary N) is 1. The number of rotatable bonds is 3. The number of morpholine rings is 1. The van der Waals surface area contributed by atoms with Gasteiger partial charge in [0.25, 0.3) is 5.91 Å². The molecule has 1 aliphatic rings. The number of hydrogen-bond acceptors (Lipinski definition) is 6. The fraction of sp³-hybridized carbons (Fsp3) is 0.417. The summed E-state index contributed by atoms with van der Waals surface area (Å²) in [7, 11) is 0. The molecule has 2 aromatic heterocycles. The summed E-state index contributed by atoms with van der Waals surface area (Å²) in [6.07, 6.45) is 1.70. The minimum atomic E-state index is -0.458. The molecular formula is C12H14N6O3. The Morgan fingerprint density at radius 1 is 1.48 bits per heavy atom. The molecule has 0 unspecified atom stereocenters. The zero-order valence-corrected chi connectivity index (χ0v) is 11.2. The summed E-state index contributed by atoms with van der Waals surface area (Å²) in [4.78, 5) is 25.3. The first-order valence-electron chi connectivity index (χ1n) is 6.50. The third kappa shape index (κ3) is 2.68. The molecule has 0 radical (unpaired) electrons. The highest BCUT2D eigenvalue weighted by atomic mass is 16.5. The van der Waals surface area contributed by atoms with Gasteiger partial charge in [-0.3, -0.25) is 9.59 Å². The molecule has 2 amide bonds. The summed E-state index contributed by atoms with van der Waals surface area (Å²) < 4.78 is 6.79. The quantitative estimate of drug-likeness (QED) is 0.762. The third-order valence-corrected chi connectivity index (χ3v) is 3.37. The molecule has 1 saturated heterocycles. The highest BCUT2D eigenvalue weighted by Gasteiger charge is 2.29. The monoisotopic (exact) mass is 290 g/mol. The van der Waals surface area contributed by atoms with E-state index in [-0.39, 0.29) is 18.4 Å². The number of primary amides is 1. The van der Waals surface area contributed by atoms with E-state index in [0.29, 0.717) is 31.0 Å². The molecule has 3 rings (SSSR count). The van der Waals surface area contributed by atoms with E-state index in [1.54, 1.807) is 23.2 Å². The van der Waals surface area contributed by atoms with Crippen molar-refractivity contribution in [2.45, 2.75) is 12.5 Å². The minimum absolute atomic E-state index is 0.0838. The van der Waals surface area contributed by atoms with Crippen LogP contribution in [0.5, 0.6) is 0 Å². The fourth-order valence-electron chi connectivity index (χ4n) is 2.36. The summed E-state index contributed by atoms with van der Waals surface area (Å²) >= 11 is 0. The second-order valence-electron chi connectivity index (χ2n) is 4.79. The SMILES string of the molecule is NC(=O)C[C@@H]1COCCN1C(=O)c1ccn2nnnc2c1. The lowest BCUT2D eigenvalue weighted by atomic mass is 10.1. The predicted octanol–water partition coefficient (Wildman–Crippen LogP) is -1.16. The van der Waals surface area contributed by atoms with Crippen LogP contribution in [-0.2, 0) is 9.53 Å². The summed E-state index contributed by atoms with van der Waals surface area (Å²) in [5, 5.41) is 11.1. The van der Waals surface area contributed by atoms with E-state index in [1.165, 1.54) is 4.52 Å². The zero-order valence-electron chi connectivity index (χ0n) is 11.2. The van der Waals surface area contributed by atoms with Crippen LogP contribution in [0.15, 0.2) is 18.3 Å². The number of carbonyl (C=O) groups excluding carboxylic acids is 2. The first-order valence-corrected chi connectivity index (χ1v) is 6.50. The molecule has 9 nitrogen and oxygen atoms in total. The molecule has 0 aliphatic carbocycles. The Bertz CT molecular complexity index is 684. The number of aromatic nitrogens is 4. The molecule has 2 N–H and O–H groups in total. The molecule has 9 heteroatoms. The Hall–Kier alpha value is -2.55. The van der Waals surface area contributed by atoms with Gasteiger partial charge in [-0.05, 0) is 22.6 Å². The first kappa shape index (κ1) is 13.4. The number of fused-ring (bicyclic) bond motifs is 1. The number of hydrogen-bond donors (Lipinski definition) is 1. The molecule has 0 saturated carbocycles. The van der Waals surface area contributed by atoms with Gasteiger partial charge < -0.3 is 15.4 Å². The van der Waals surface area contributed by atoms with Crippen molar-refractivity contribution in [2.24, 2.45) is 5.73 Å². The fourth-order valence-corrected chi connectivity index (χ4v) is 2.36. The molecule has 0 aromatic carbocycles. The number of amides is 2. The second kappa shape index (κ2) is 5.44. The van der Waals surface area contributed by atoms with E-state index in [1.807, 2.05) is 0 Å². The molecule has 0 bridgehead atoms. The van der Waals surface area contributed by atoms with E-state index in [4.69, 9.17) is 10.5 Å². The van der Waals surface area contributed by atoms with Gasteiger partial charge in [0, 0.05) is 24.7 Å². The van der Waals surface area contributed by atoms with Gasteiger partial charge >= 0.3 is 0 Å². The molecule has 1 aliphatic heterocycles. The van der Waals surface area contributed by atoms with Crippen LogP contribution in [0.1, 0.15) is 16.8 Å². The topological polar surface area (TPSA) is 116 Å². The average Bonchev–Trinajstić information content (AvgIpc) is 2.94. The van der Waals surface area contributed by atoms with Gasteiger partial charge in [-0.2, -0.15) is 0 Å². The maximum atomic E-state index is 12.6. The van der Waals surface area contributed by atoms with E-state index >= 15 is 0 Å². The van der Waals surface area contributed by atoms with Crippen molar-refractivity contribution in [1.29, 1.82) is 0 Å². The van der Waals surface area contributed by atoms with Crippen molar-refractivity contribution in [2.75, 3.05) is 19.8 Å². The molecule has 1 fully saturated rings. The van der Waals surface area contributed by atoms with Crippen LogP contribution in [0, 0.1) is 0 Å². The Balaban J connectivity index is 1.85. The summed E-state index contributed by atoms with van der Waals surface area (Å²) in [6.45, 7) is 1.17. The molecule has 110 valence electrons. The second-order valence-corrected chi connectivity index (χ2v) is 4.79. The zero-order chi connectivity index (χ0) is 14.8. The standard InChI is InChI=1S/C12H14N6O3/c13-10(19)6-9-7-21-4-3-17(9)12(20)8-1-2-18-11(5-8)14-15-16-18/h1-2,5,9H,3-4,6-7H2,(H2,13,19)/t9-/m1/s1. The molecule has 0 spiro atoms. The predicted molar refractivity (Wildman–Crippen MR) is 70.2 cm³/mol. The van der Waals surface area contributed by atoms with Crippen molar-refractivity contribution in [3.63, 3.8) is 0 Å². The Kier molecular flexibility index (Phi) is 3.48. The molecule has 1 atom stereocenters. The van der Waals surface area contributed by atoms with Crippen molar-refractivity contribution >= 4 is 17.5 Å². The van der Waals surface area contributed by atoms with E-state index < -0.39 is 5.91 Å². The highest BCUT2D eigenvalue weighted by Crippen LogP contribution is 2.15. The first-order chi connectivity index (χ1) is 10.1. The average molecular weight is 290 g/mol. The van der Waals surface area contributed by atoms with Gasteiger partial charge in [-0.15, -0.1) is 5.10 Å².